The third-order valence-electron chi connectivity index (χ3n) is 4.60. The SMILES string of the molecule is O=C([O-])c1ccc(/C=C\c2cccnc2)cc1.O=C([O-])c1ccc(/C=C\c2cccnc2)cc1.[Zn+2]. The van der Waals surface area contributed by atoms with Crippen molar-refractivity contribution in [3.8, 4) is 0 Å². The molecule has 35 heavy (non-hydrogen) atoms. The molecule has 2 aromatic carbocycles. The second kappa shape index (κ2) is 14.1. The first-order valence-corrected chi connectivity index (χ1v) is 10.3. The number of pyridine rings is 2. The van der Waals surface area contributed by atoms with Gasteiger partial charge in [-0.1, -0.05) is 85.0 Å². The van der Waals surface area contributed by atoms with Crippen molar-refractivity contribution < 1.29 is 39.3 Å². The zero-order chi connectivity index (χ0) is 24.2. The Morgan fingerprint density at radius 2 is 0.886 bits per heavy atom. The summed E-state index contributed by atoms with van der Waals surface area (Å²) < 4.78 is 0. The van der Waals surface area contributed by atoms with Gasteiger partial charge in [-0.15, -0.1) is 0 Å². The van der Waals surface area contributed by atoms with Crippen molar-refractivity contribution in [2.45, 2.75) is 0 Å². The maximum Gasteiger partial charge on any atom is 2.00 e. The van der Waals surface area contributed by atoms with Crippen molar-refractivity contribution in [2.75, 3.05) is 0 Å². The number of carboxylic acid groups (broad SMARTS) is 2. The first-order chi connectivity index (χ1) is 16.5. The maximum absolute atomic E-state index is 10.6. The summed E-state index contributed by atoms with van der Waals surface area (Å²) in [7, 11) is 0. The number of carbonyl (C=O) groups excluding carboxylic acids is 2. The van der Waals surface area contributed by atoms with Crippen molar-refractivity contribution in [2.24, 2.45) is 0 Å². The number of carboxylic acids is 2. The average molecular weight is 514 g/mol. The molecule has 0 radical (unpaired) electrons. The van der Waals surface area contributed by atoms with Crippen LogP contribution in [0.3, 0.4) is 0 Å². The van der Waals surface area contributed by atoms with Gasteiger partial charge in [0.25, 0.3) is 0 Å². The van der Waals surface area contributed by atoms with E-state index in [1.807, 2.05) is 48.6 Å². The van der Waals surface area contributed by atoms with Gasteiger partial charge in [0.2, 0.25) is 0 Å². The van der Waals surface area contributed by atoms with Crippen LogP contribution in [0.4, 0.5) is 0 Å². The third-order valence-corrected chi connectivity index (χ3v) is 4.60. The van der Waals surface area contributed by atoms with E-state index in [-0.39, 0.29) is 30.6 Å². The van der Waals surface area contributed by atoms with Gasteiger partial charge in [-0.25, -0.2) is 0 Å². The maximum atomic E-state index is 10.6. The number of carbonyl (C=O) groups is 2. The molecule has 0 aliphatic carbocycles. The fourth-order valence-electron chi connectivity index (χ4n) is 2.79. The minimum absolute atomic E-state index is 0. The van der Waals surface area contributed by atoms with E-state index >= 15 is 0 Å². The van der Waals surface area contributed by atoms with E-state index in [0.29, 0.717) is 0 Å². The Hall–Kier alpha value is -4.22. The topological polar surface area (TPSA) is 106 Å². The van der Waals surface area contributed by atoms with Crippen LogP contribution < -0.4 is 10.2 Å². The van der Waals surface area contributed by atoms with Gasteiger partial charge in [-0.05, 0) is 45.5 Å². The minimum Gasteiger partial charge on any atom is -0.545 e. The van der Waals surface area contributed by atoms with Crippen molar-refractivity contribution in [3.05, 3.63) is 131 Å². The van der Waals surface area contributed by atoms with Gasteiger partial charge < -0.3 is 19.8 Å². The molecule has 0 amide bonds. The van der Waals surface area contributed by atoms with Gasteiger partial charge in [0, 0.05) is 24.8 Å². The summed E-state index contributed by atoms with van der Waals surface area (Å²) in [5, 5.41) is 21.1. The molecule has 6 nitrogen and oxygen atoms in total. The van der Waals surface area contributed by atoms with Gasteiger partial charge >= 0.3 is 19.5 Å². The smallest absolute Gasteiger partial charge is 0.545 e. The summed E-state index contributed by atoms with van der Waals surface area (Å²) >= 11 is 0. The zero-order valence-corrected chi connectivity index (χ0v) is 21.7. The van der Waals surface area contributed by atoms with E-state index < -0.39 is 11.9 Å². The molecule has 168 valence electrons. The summed E-state index contributed by atoms with van der Waals surface area (Å²) in [4.78, 5) is 29.1. The fraction of sp³-hybridized carbons (Fsp3) is 0. The Balaban J connectivity index is 0.000000240. The molecule has 0 atom stereocenters. The van der Waals surface area contributed by atoms with Crippen LogP contribution in [0.2, 0.25) is 0 Å². The molecule has 0 saturated heterocycles. The molecule has 0 aliphatic rings. The summed E-state index contributed by atoms with van der Waals surface area (Å²) in [5.74, 6) is -2.32. The van der Waals surface area contributed by atoms with E-state index in [1.54, 1.807) is 49.1 Å². The molecular weight excluding hydrogens is 494 g/mol. The Bertz CT molecular complexity index is 1170. The first-order valence-electron chi connectivity index (χ1n) is 10.3. The van der Waals surface area contributed by atoms with Crippen LogP contribution in [0.25, 0.3) is 24.3 Å². The Labute approximate surface area is 216 Å². The summed E-state index contributed by atoms with van der Waals surface area (Å²) in [6, 6.07) is 20.6. The molecule has 0 fully saturated rings. The fourth-order valence-corrected chi connectivity index (χ4v) is 2.79. The second-order valence-corrected chi connectivity index (χ2v) is 7.06. The monoisotopic (exact) mass is 512 g/mol. The molecule has 4 rings (SSSR count). The predicted octanol–water partition coefficient (Wildman–Crippen LogP) is 3.23. The molecular formula is C28H20N2O4Zn. The molecule has 2 heterocycles. The van der Waals surface area contributed by atoms with Crippen molar-refractivity contribution >= 4 is 36.2 Å². The average Bonchev–Trinajstić information content (AvgIpc) is 2.88. The molecule has 4 aromatic rings. The van der Waals surface area contributed by atoms with Crippen molar-refractivity contribution in [1.29, 1.82) is 0 Å². The van der Waals surface area contributed by atoms with Gasteiger partial charge in [0.15, 0.2) is 0 Å². The Morgan fingerprint density at radius 1 is 0.543 bits per heavy atom. The van der Waals surface area contributed by atoms with Crippen LogP contribution in [0.1, 0.15) is 43.0 Å². The quantitative estimate of drug-likeness (QED) is 0.366. The number of aromatic nitrogens is 2. The molecule has 0 spiro atoms. The zero-order valence-electron chi connectivity index (χ0n) is 18.8. The predicted molar refractivity (Wildman–Crippen MR) is 128 cm³/mol. The minimum atomic E-state index is -1.16. The molecule has 2 aromatic heterocycles. The van der Waals surface area contributed by atoms with Gasteiger partial charge in [-0.2, -0.15) is 0 Å². The van der Waals surface area contributed by atoms with Crippen LogP contribution in [0.15, 0.2) is 97.6 Å². The number of benzene rings is 2. The normalized spacial score (nSPS) is 10.3. The number of aromatic carboxylic acids is 2. The van der Waals surface area contributed by atoms with E-state index in [1.165, 1.54) is 24.3 Å². The van der Waals surface area contributed by atoms with Crippen molar-refractivity contribution in [3.63, 3.8) is 0 Å². The van der Waals surface area contributed by atoms with E-state index in [0.717, 1.165) is 22.3 Å². The Kier molecular flexibility index (Phi) is 10.9. The summed E-state index contributed by atoms with van der Waals surface area (Å²) in [6.45, 7) is 0. The Morgan fingerprint density at radius 3 is 1.17 bits per heavy atom. The number of nitrogens with zero attached hydrogens (tertiary/aromatic N) is 2. The molecule has 0 bridgehead atoms. The number of hydrogen-bond donors (Lipinski definition) is 0. The second-order valence-electron chi connectivity index (χ2n) is 7.06. The molecule has 0 aliphatic heterocycles. The van der Waals surface area contributed by atoms with Crippen LogP contribution in [0, 0.1) is 0 Å². The molecule has 0 N–H and O–H groups in total. The third kappa shape index (κ3) is 9.28. The van der Waals surface area contributed by atoms with Gasteiger partial charge in [0.1, 0.15) is 0 Å². The van der Waals surface area contributed by atoms with Crippen LogP contribution in [-0.2, 0) is 19.5 Å². The summed E-state index contributed by atoms with van der Waals surface area (Å²) in [6.07, 6.45) is 14.6. The number of hydrogen-bond acceptors (Lipinski definition) is 6. The van der Waals surface area contributed by atoms with E-state index in [9.17, 15) is 19.8 Å². The van der Waals surface area contributed by atoms with E-state index in [4.69, 9.17) is 0 Å². The largest absolute Gasteiger partial charge is 2.00 e. The first kappa shape index (κ1) is 27.0. The van der Waals surface area contributed by atoms with Crippen LogP contribution >= 0.6 is 0 Å². The van der Waals surface area contributed by atoms with Crippen LogP contribution in [0.5, 0.6) is 0 Å². The van der Waals surface area contributed by atoms with Gasteiger partial charge in [-0.3, -0.25) is 9.97 Å². The number of rotatable bonds is 6. The standard InChI is InChI=1S/2C14H11NO2.Zn/c2*16-14(17)13-7-5-11(6-8-13)3-4-12-2-1-9-15-10-12;/h2*1-10H,(H,16,17);/q;;+2/p-2/b2*4-3-;. The molecule has 0 unspecified atom stereocenters. The van der Waals surface area contributed by atoms with Gasteiger partial charge in [0.05, 0.1) is 11.9 Å². The summed E-state index contributed by atoms with van der Waals surface area (Å²) in [5.41, 5.74) is 4.22. The molecule has 0 saturated carbocycles. The van der Waals surface area contributed by atoms with E-state index in [2.05, 4.69) is 9.97 Å². The van der Waals surface area contributed by atoms with Crippen molar-refractivity contribution in [1.82, 2.24) is 9.97 Å². The van der Waals surface area contributed by atoms with Crippen LogP contribution in [-0.4, -0.2) is 21.9 Å². The molecule has 7 heteroatoms.